The molecule has 1 saturated carbocycles. The van der Waals surface area contributed by atoms with Crippen molar-refractivity contribution in [1.82, 2.24) is 29.3 Å². The zero-order chi connectivity index (χ0) is 37.6. The SMILES string of the molecule is CCC1(C)CCN(C2CC(N3C(=O)C4(CCN(C(=O)C5(C)COC5)CC4)c4ccc(-c5cc6ncn(C(C)C)c6c(Nc6ccncc6F)n5)cc43)C2)C1. The number of anilines is 3. The number of hydrogen-bond donors (Lipinski definition) is 1. The summed E-state index contributed by atoms with van der Waals surface area (Å²) in [6.07, 6.45) is 10.0. The van der Waals surface area contributed by atoms with Gasteiger partial charge in [-0.1, -0.05) is 26.0 Å². The van der Waals surface area contributed by atoms with Gasteiger partial charge in [0, 0.05) is 55.2 Å². The van der Waals surface area contributed by atoms with Crippen molar-refractivity contribution in [3.63, 3.8) is 0 Å². The Morgan fingerprint density at radius 3 is 2.50 bits per heavy atom. The van der Waals surface area contributed by atoms with Crippen molar-refractivity contribution < 1.29 is 18.7 Å². The molecule has 3 saturated heterocycles. The number of halogens is 1. The van der Waals surface area contributed by atoms with Gasteiger partial charge in [-0.25, -0.2) is 14.4 Å². The van der Waals surface area contributed by atoms with Crippen LogP contribution in [0.15, 0.2) is 49.1 Å². The number of aromatic nitrogens is 4. The van der Waals surface area contributed by atoms with Gasteiger partial charge in [-0.2, -0.15) is 0 Å². The summed E-state index contributed by atoms with van der Waals surface area (Å²) < 4.78 is 22.3. The topological polar surface area (TPSA) is 109 Å². The number of nitrogens with zero attached hydrogens (tertiary/aromatic N) is 7. The lowest BCUT2D eigenvalue weighted by atomic mass is 9.72. The molecule has 4 aliphatic heterocycles. The second-order valence-electron chi connectivity index (χ2n) is 17.4. The third-order valence-electron chi connectivity index (χ3n) is 13.5. The first kappa shape index (κ1) is 35.3. The van der Waals surface area contributed by atoms with Gasteiger partial charge in [0.15, 0.2) is 11.6 Å². The minimum Gasteiger partial charge on any atom is -0.379 e. The fourth-order valence-electron chi connectivity index (χ4n) is 9.62. The van der Waals surface area contributed by atoms with Crippen LogP contribution >= 0.6 is 0 Å². The van der Waals surface area contributed by atoms with Crippen molar-refractivity contribution in [1.29, 1.82) is 0 Å². The van der Waals surface area contributed by atoms with Crippen LogP contribution in [0.5, 0.6) is 0 Å². The first-order valence-electron chi connectivity index (χ1n) is 19.8. The number of rotatable bonds is 8. The molecule has 54 heavy (non-hydrogen) atoms. The maximum atomic E-state index is 15.0. The second-order valence-corrected chi connectivity index (χ2v) is 17.4. The maximum absolute atomic E-state index is 15.0. The average Bonchev–Trinajstić information content (AvgIpc) is 3.82. The molecule has 3 aromatic heterocycles. The summed E-state index contributed by atoms with van der Waals surface area (Å²) in [5, 5.41) is 3.24. The standard InChI is InChI=1S/C42H51FN8O3/c1-6-40(4)10-14-49(22-40)28-18-29(19-28)51-35-17-27(7-8-30(35)42(39(51)53)11-15-48(16-12-42)38(52)41(5)23-54-24-41)33-20-34-36(50(25-45-34)26(2)3)37(47-33)46-32-9-13-44-21-31(32)43/h7-9,13,17,20-21,25-26,28-29H,6,10-12,14-16,18-19,22-24H2,1-5H3,(H,44,46,47). The van der Waals surface area contributed by atoms with Gasteiger partial charge in [0.1, 0.15) is 5.52 Å². The average molecular weight is 735 g/mol. The zero-order valence-corrected chi connectivity index (χ0v) is 32.1. The summed E-state index contributed by atoms with van der Waals surface area (Å²) in [7, 11) is 0. The number of fused-ring (bicyclic) bond motifs is 3. The Morgan fingerprint density at radius 1 is 1.06 bits per heavy atom. The number of carbonyl (C=O) groups is 2. The Bertz CT molecular complexity index is 2130. The highest BCUT2D eigenvalue weighted by Crippen LogP contribution is 2.53. The predicted molar refractivity (Wildman–Crippen MR) is 206 cm³/mol. The molecule has 4 aromatic rings. The van der Waals surface area contributed by atoms with E-state index in [1.54, 1.807) is 18.6 Å². The van der Waals surface area contributed by atoms with Crippen LogP contribution in [0, 0.1) is 16.6 Å². The van der Waals surface area contributed by atoms with E-state index < -0.39 is 16.6 Å². The summed E-state index contributed by atoms with van der Waals surface area (Å²) in [4.78, 5) is 48.9. The Kier molecular flexibility index (Phi) is 8.39. The summed E-state index contributed by atoms with van der Waals surface area (Å²) in [5.74, 6) is 0.321. The summed E-state index contributed by atoms with van der Waals surface area (Å²) in [5.41, 5.74) is 4.56. The van der Waals surface area contributed by atoms with Crippen LogP contribution in [-0.4, -0.2) is 92.6 Å². The van der Waals surface area contributed by atoms with Crippen LogP contribution in [0.3, 0.4) is 0 Å². The van der Waals surface area contributed by atoms with Crippen LogP contribution in [0.2, 0.25) is 0 Å². The number of hydrogen-bond acceptors (Lipinski definition) is 8. The molecule has 1 spiro atoms. The highest BCUT2D eigenvalue weighted by Gasteiger charge is 2.57. The number of piperidine rings is 1. The molecule has 9 rings (SSSR count). The number of imidazole rings is 1. The van der Waals surface area contributed by atoms with Gasteiger partial charge in [-0.15, -0.1) is 0 Å². The van der Waals surface area contributed by atoms with E-state index in [0.717, 1.165) is 53.8 Å². The van der Waals surface area contributed by atoms with Crippen molar-refractivity contribution in [3.8, 4) is 11.3 Å². The molecule has 7 heterocycles. The van der Waals surface area contributed by atoms with E-state index in [-0.39, 0.29) is 29.6 Å². The minimum absolute atomic E-state index is 0.107. The van der Waals surface area contributed by atoms with E-state index in [1.165, 1.54) is 19.0 Å². The lowest BCUT2D eigenvalue weighted by Crippen LogP contribution is -2.59. The molecule has 1 aliphatic carbocycles. The first-order valence-corrected chi connectivity index (χ1v) is 19.8. The highest BCUT2D eigenvalue weighted by molar-refractivity contribution is 6.09. The number of nitrogens with one attached hydrogen (secondary N) is 1. The van der Waals surface area contributed by atoms with Gasteiger partial charge in [0.05, 0.1) is 53.5 Å². The van der Waals surface area contributed by atoms with E-state index in [2.05, 4.69) is 66.0 Å². The number of amides is 2. The zero-order valence-electron chi connectivity index (χ0n) is 32.1. The van der Waals surface area contributed by atoms with Crippen LogP contribution in [-0.2, 0) is 19.7 Å². The van der Waals surface area contributed by atoms with Gasteiger partial charge in [0.2, 0.25) is 11.8 Å². The summed E-state index contributed by atoms with van der Waals surface area (Å²) in [6, 6.07) is 10.6. The molecular formula is C42H51FN8O3. The third-order valence-corrected chi connectivity index (χ3v) is 13.5. The number of pyridine rings is 2. The van der Waals surface area contributed by atoms with E-state index in [4.69, 9.17) is 14.7 Å². The monoisotopic (exact) mass is 734 g/mol. The molecule has 4 fully saturated rings. The van der Waals surface area contributed by atoms with Crippen LogP contribution < -0.4 is 10.2 Å². The lowest BCUT2D eigenvalue weighted by molar-refractivity contribution is -0.170. The molecule has 1 aromatic carbocycles. The molecule has 284 valence electrons. The Hall–Kier alpha value is -4.42. The molecular weight excluding hydrogens is 684 g/mol. The fraction of sp³-hybridized carbons (Fsp3) is 0.548. The molecule has 2 amide bonds. The fourth-order valence-corrected chi connectivity index (χ4v) is 9.62. The third kappa shape index (κ3) is 5.53. The Morgan fingerprint density at radius 2 is 1.83 bits per heavy atom. The molecule has 1 atom stereocenters. The van der Waals surface area contributed by atoms with E-state index in [1.807, 2.05) is 22.5 Å². The van der Waals surface area contributed by atoms with Gasteiger partial charge in [-0.3, -0.25) is 19.5 Å². The summed E-state index contributed by atoms with van der Waals surface area (Å²) >= 11 is 0. The van der Waals surface area contributed by atoms with Crippen molar-refractivity contribution >= 4 is 40.0 Å². The quantitative estimate of drug-likeness (QED) is 0.210. The Labute approximate surface area is 316 Å². The molecule has 0 radical (unpaired) electrons. The smallest absolute Gasteiger partial charge is 0.238 e. The van der Waals surface area contributed by atoms with Gasteiger partial charge in [-0.05, 0) is 95.0 Å². The number of benzene rings is 1. The van der Waals surface area contributed by atoms with E-state index in [0.29, 0.717) is 62.1 Å². The molecule has 0 bridgehead atoms. The van der Waals surface area contributed by atoms with Gasteiger partial charge < -0.3 is 24.4 Å². The van der Waals surface area contributed by atoms with Gasteiger partial charge in [0.25, 0.3) is 0 Å². The van der Waals surface area contributed by atoms with Crippen LogP contribution in [0.4, 0.5) is 21.6 Å². The van der Waals surface area contributed by atoms with Crippen LogP contribution in [0.25, 0.3) is 22.3 Å². The largest absolute Gasteiger partial charge is 0.379 e. The molecule has 5 aliphatic rings. The molecule has 1 unspecified atom stereocenters. The number of likely N-dealkylation sites (tertiary alicyclic amines) is 2. The number of carbonyl (C=O) groups excluding carboxylic acids is 2. The molecule has 1 N–H and O–H groups in total. The minimum atomic E-state index is -0.680. The molecule has 12 heteroatoms. The summed E-state index contributed by atoms with van der Waals surface area (Å²) in [6.45, 7) is 15.1. The lowest BCUT2D eigenvalue weighted by Gasteiger charge is -2.47. The maximum Gasteiger partial charge on any atom is 0.238 e. The number of ether oxygens (including phenoxy) is 1. The molecule has 11 nitrogen and oxygen atoms in total. The Balaban J connectivity index is 1.08. The van der Waals surface area contributed by atoms with Crippen molar-refractivity contribution in [2.45, 2.75) is 96.7 Å². The van der Waals surface area contributed by atoms with Crippen molar-refractivity contribution in [2.24, 2.45) is 10.8 Å². The first-order chi connectivity index (χ1) is 25.9. The predicted octanol–water partition coefficient (Wildman–Crippen LogP) is 6.85. The van der Waals surface area contributed by atoms with Gasteiger partial charge >= 0.3 is 0 Å². The van der Waals surface area contributed by atoms with Crippen LogP contribution in [0.1, 0.15) is 84.7 Å². The van der Waals surface area contributed by atoms with E-state index in [9.17, 15) is 14.0 Å². The van der Waals surface area contributed by atoms with Crippen molar-refractivity contribution in [3.05, 3.63) is 60.4 Å². The normalized spacial score (nSPS) is 26.0. The van der Waals surface area contributed by atoms with Crippen molar-refractivity contribution in [2.75, 3.05) is 49.6 Å². The second kappa shape index (κ2) is 12.8. The highest BCUT2D eigenvalue weighted by atomic mass is 19.1. The van der Waals surface area contributed by atoms with E-state index >= 15 is 0 Å².